The fraction of sp³-hybridized carbons (Fsp3) is 0.571. The quantitative estimate of drug-likeness (QED) is 0.788. The first-order valence-electron chi connectivity index (χ1n) is 6.38. The lowest BCUT2D eigenvalue weighted by atomic mass is 9.85. The van der Waals surface area contributed by atoms with Crippen LogP contribution in [0.2, 0.25) is 0 Å². The molecule has 0 amide bonds. The van der Waals surface area contributed by atoms with Gasteiger partial charge in [-0.1, -0.05) is 36.8 Å². The summed E-state index contributed by atoms with van der Waals surface area (Å²) in [6.07, 6.45) is 5.08. The van der Waals surface area contributed by atoms with E-state index >= 15 is 0 Å². The third-order valence-corrected chi connectivity index (χ3v) is 3.70. The van der Waals surface area contributed by atoms with Gasteiger partial charge in [-0.2, -0.15) is 0 Å². The average Bonchev–Trinajstić information content (AvgIpc) is 2.38. The van der Waals surface area contributed by atoms with Crippen LogP contribution in [0.5, 0.6) is 0 Å². The Bertz CT molecular complexity index is 299. The molecule has 1 aliphatic carbocycles. The zero-order chi connectivity index (χ0) is 11.2. The number of quaternary nitrogens is 1. The van der Waals surface area contributed by atoms with Crippen LogP contribution >= 0.6 is 0 Å². The summed E-state index contributed by atoms with van der Waals surface area (Å²) < 4.78 is 0. The molecule has 1 aromatic rings. The van der Waals surface area contributed by atoms with Gasteiger partial charge in [-0.25, -0.2) is 0 Å². The highest BCUT2D eigenvalue weighted by Gasteiger charge is 2.26. The van der Waals surface area contributed by atoms with E-state index < -0.39 is 0 Å². The molecule has 88 valence electrons. The van der Waals surface area contributed by atoms with Gasteiger partial charge in [0.1, 0.15) is 6.54 Å². The molecule has 2 heteroatoms. The lowest BCUT2D eigenvalue weighted by molar-refractivity contribution is -0.713. The van der Waals surface area contributed by atoms with E-state index in [9.17, 15) is 5.11 Å². The van der Waals surface area contributed by atoms with E-state index in [0.717, 1.165) is 6.54 Å². The summed E-state index contributed by atoms with van der Waals surface area (Å²) in [7, 11) is 0. The minimum Gasteiger partial charge on any atom is -0.396 e. The molecule has 2 rings (SSSR count). The molecule has 1 saturated carbocycles. The van der Waals surface area contributed by atoms with Gasteiger partial charge in [-0.05, 0) is 19.3 Å². The normalized spacial score (nSPS) is 25.6. The van der Waals surface area contributed by atoms with Gasteiger partial charge < -0.3 is 10.4 Å². The van der Waals surface area contributed by atoms with Crippen molar-refractivity contribution in [3.63, 3.8) is 0 Å². The van der Waals surface area contributed by atoms with Gasteiger partial charge in [-0.15, -0.1) is 0 Å². The Morgan fingerprint density at radius 3 is 2.62 bits per heavy atom. The number of rotatable bonds is 4. The van der Waals surface area contributed by atoms with E-state index in [0.29, 0.717) is 18.6 Å². The van der Waals surface area contributed by atoms with Gasteiger partial charge in [0.25, 0.3) is 0 Å². The highest BCUT2D eigenvalue weighted by molar-refractivity contribution is 5.13. The first kappa shape index (κ1) is 11.6. The summed E-state index contributed by atoms with van der Waals surface area (Å²) in [6, 6.07) is 11.2. The second kappa shape index (κ2) is 6.02. The maximum atomic E-state index is 9.34. The van der Waals surface area contributed by atoms with E-state index in [2.05, 4.69) is 35.6 Å². The zero-order valence-electron chi connectivity index (χ0n) is 9.81. The molecule has 0 spiro atoms. The van der Waals surface area contributed by atoms with Crippen LogP contribution in [0.1, 0.15) is 31.2 Å². The Morgan fingerprint density at radius 2 is 1.88 bits per heavy atom. The van der Waals surface area contributed by atoms with Crippen LogP contribution in [-0.2, 0) is 6.54 Å². The van der Waals surface area contributed by atoms with Crippen LogP contribution < -0.4 is 5.32 Å². The molecule has 1 fully saturated rings. The Morgan fingerprint density at radius 1 is 1.12 bits per heavy atom. The van der Waals surface area contributed by atoms with Gasteiger partial charge in [0, 0.05) is 11.5 Å². The van der Waals surface area contributed by atoms with Crippen LogP contribution in [0.3, 0.4) is 0 Å². The molecule has 0 aliphatic heterocycles. The second-order valence-electron chi connectivity index (χ2n) is 4.82. The number of hydrogen-bond acceptors (Lipinski definition) is 1. The highest BCUT2D eigenvalue weighted by atomic mass is 16.3. The van der Waals surface area contributed by atoms with Crippen LogP contribution in [0, 0.1) is 5.92 Å². The Balaban J connectivity index is 1.84. The minimum absolute atomic E-state index is 0.357. The number of benzene rings is 1. The lowest BCUT2D eigenvalue weighted by Crippen LogP contribution is -2.90. The molecule has 0 radical (unpaired) electrons. The molecule has 2 nitrogen and oxygen atoms in total. The first-order valence-corrected chi connectivity index (χ1v) is 6.38. The van der Waals surface area contributed by atoms with E-state index in [1.54, 1.807) is 0 Å². The number of aliphatic hydroxyl groups excluding tert-OH is 1. The van der Waals surface area contributed by atoms with Crippen molar-refractivity contribution < 1.29 is 10.4 Å². The largest absolute Gasteiger partial charge is 0.396 e. The monoisotopic (exact) mass is 220 g/mol. The third kappa shape index (κ3) is 3.06. The van der Waals surface area contributed by atoms with Crippen LogP contribution in [0.4, 0.5) is 0 Å². The van der Waals surface area contributed by atoms with Gasteiger partial charge >= 0.3 is 0 Å². The molecular weight excluding hydrogens is 198 g/mol. The topological polar surface area (TPSA) is 36.8 Å². The molecule has 16 heavy (non-hydrogen) atoms. The van der Waals surface area contributed by atoms with Crippen LogP contribution in [-0.4, -0.2) is 17.8 Å². The summed E-state index contributed by atoms with van der Waals surface area (Å²) in [5, 5.41) is 11.8. The summed E-state index contributed by atoms with van der Waals surface area (Å²) in [5.74, 6) is 0.512. The van der Waals surface area contributed by atoms with Crippen molar-refractivity contribution in [1.82, 2.24) is 0 Å². The fourth-order valence-corrected chi connectivity index (χ4v) is 2.67. The molecule has 2 atom stereocenters. The fourth-order valence-electron chi connectivity index (χ4n) is 2.67. The molecule has 0 saturated heterocycles. The second-order valence-corrected chi connectivity index (χ2v) is 4.82. The summed E-state index contributed by atoms with van der Waals surface area (Å²) in [4.78, 5) is 0. The standard InChI is InChI=1S/C14H21NO/c16-11-13-8-4-5-9-14(13)15-10-12-6-2-1-3-7-12/h1-3,6-7,13-16H,4-5,8-11H2/p+1/t13-,14-/m1/s1. The molecule has 0 bridgehead atoms. The number of nitrogens with two attached hydrogens (primary N) is 1. The molecule has 1 aliphatic rings. The summed E-state index contributed by atoms with van der Waals surface area (Å²) >= 11 is 0. The van der Waals surface area contributed by atoms with E-state index in [4.69, 9.17) is 0 Å². The maximum Gasteiger partial charge on any atom is 0.101 e. The first-order chi connectivity index (χ1) is 7.90. The SMILES string of the molecule is OC[C@H]1CCCC[C@H]1[NH2+]Cc1ccccc1. The van der Waals surface area contributed by atoms with Gasteiger partial charge in [0.2, 0.25) is 0 Å². The summed E-state index contributed by atoms with van der Waals surface area (Å²) in [5.41, 5.74) is 1.38. The predicted octanol–water partition coefficient (Wildman–Crippen LogP) is 1.30. The molecular formula is C14H22NO+. The Labute approximate surface area is 97.7 Å². The number of aliphatic hydroxyl groups is 1. The Hall–Kier alpha value is -0.860. The molecule has 1 aromatic carbocycles. The van der Waals surface area contributed by atoms with Crippen molar-refractivity contribution in [2.75, 3.05) is 6.61 Å². The summed E-state index contributed by atoms with van der Waals surface area (Å²) in [6.45, 7) is 1.40. The van der Waals surface area contributed by atoms with Crippen molar-refractivity contribution in [3.8, 4) is 0 Å². The molecule has 3 N–H and O–H groups in total. The molecule has 0 heterocycles. The van der Waals surface area contributed by atoms with Gasteiger partial charge in [-0.3, -0.25) is 0 Å². The van der Waals surface area contributed by atoms with Gasteiger partial charge in [0.05, 0.1) is 12.6 Å². The Kier molecular flexibility index (Phi) is 4.37. The zero-order valence-corrected chi connectivity index (χ0v) is 9.81. The highest BCUT2D eigenvalue weighted by Crippen LogP contribution is 2.21. The maximum absolute atomic E-state index is 9.34. The molecule has 0 unspecified atom stereocenters. The predicted molar refractivity (Wildman–Crippen MR) is 64.9 cm³/mol. The molecule has 0 aromatic heterocycles. The smallest absolute Gasteiger partial charge is 0.101 e. The van der Waals surface area contributed by atoms with Gasteiger partial charge in [0.15, 0.2) is 0 Å². The van der Waals surface area contributed by atoms with Crippen molar-refractivity contribution in [2.24, 2.45) is 5.92 Å². The van der Waals surface area contributed by atoms with Crippen LogP contribution in [0.15, 0.2) is 30.3 Å². The van der Waals surface area contributed by atoms with Crippen molar-refractivity contribution in [2.45, 2.75) is 38.3 Å². The lowest BCUT2D eigenvalue weighted by Gasteiger charge is -2.28. The van der Waals surface area contributed by atoms with E-state index in [1.807, 2.05) is 0 Å². The van der Waals surface area contributed by atoms with Crippen molar-refractivity contribution in [3.05, 3.63) is 35.9 Å². The minimum atomic E-state index is 0.357. The third-order valence-electron chi connectivity index (χ3n) is 3.70. The van der Waals surface area contributed by atoms with E-state index in [1.165, 1.54) is 31.2 Å². The average molecular weight is 220 g/mol. The van der Waals surface area contributed by atoms with Crippen molar-refractivity contribution in [1.29, 1.82) is 0 Å². The van der Waals surface area contributed by atoms with E-state index in [-0.39, 0.29) is 0 Å². The van der Waals surface area contributed by atoms with Crippen LogP contribution in [0.25, 0.3) is 0 Å². The van der Waals surface area contributed by atoms with Crippen molar-refractivity contribution >= 4 is 0 Å². The number of hydrogen-bond donors (Lipinski definition) is 2.